The summed E-state index contributed by atoms with van der Waals surface area (Å²) in [4.78, 5) is 25.5. The molecule has 5 rings (SSSR count). The monoisotopic (exact) mass is 1250 g/mol. The Bertz CT molecular complexity index is 2320. The number of hydrogen-bond acceptors (Lipinski definition) is 27. The van der Waals surface area contributed by atoms with E-state index in [1.54, 1.807) is 93.7 Å². The maximum Gasteiger partial charge on any atom is 0.311 e. The van der Waals surface area contributed by atoms with Gasteiger partial charge in [0.15, 0.2) is 18.4 Å². The first-order chi connectivity index (χ1) is 41.0. The zero-order chi connectivity index (χ0) is 64.5. The van der Waals surface area contributed by atoms with E-state index in [0.29, 0.717) is 0 Å². The lowest BCUT2D eigenvalue weighted by molar-refractivity contribution is -0.368. The van der Waals surface area contributed by atoms with E-state index >= 15 is 0 Å². The fourth-order valence-electron chi connectivity index (χ4n) is 11.0. The van der Waals surface area contributed by atoms with Gasteiger partial charge in [-0.05, 0) is 39.5 Å². The number of carboxylic acids is 1. The largest absolute Gasteiger partial charge is 0.481 e. The number of hydrogen-bond donors (Lipinski definition) is 19. The maximum atomic E-state index is 12.8. The lowest BCUT2D eigenvalue weighted by Gasteiger charge is -2.48. The molecule has 5 heterocycles. The van der Waals surface area contributed by atoms with Gasteiger partial charge in [0.2, 0.25) is 5.79 Å². The molecule has 19 N–H and O–H groups in total. The number of carboxylic acid groups (broad SMARTS) is 1. The van der Waals surface area contributed by atoms with Crippen molar-refractivity contribution in [3.63, 3.8) is 0 Å². The van der Waals surface area contributed by atoms with Crippen molar-refractivity contribution in [1.29, 1.82) is 0 Å². The Balaban J connectivity index is 1.37. The number of aliphatic carboxylic acids is 1. The smallest absolute Gasteiger partial charge is 0.311 e. The number of ether oxygens (including phenoxy) is 7. The molecule has 0 amide bonds. The van der Waals surface area contributed by atoms with E-state index in [1.807, 2.05) is 0 Å². The van der Waals surface area contributed by atoms with Crippen molar-refractivity contribution in [2.45, 2.75) is 231 Å². The van der Waals surface area contributed by atoms with Crippen LogP contribution in [-0.2, 0) is 42.7 Å². The average molecular weight is 1250 g/mol. The van der Waals surface area contributed by atoms with Gasteiger partial charge >= 0.3 is 11.9 Å². The van der Waals surface area contributed by atoms with Gasteiger partial charge in [0.1, 0.15) is 60.9 Å². The SMILES string of the molecule is C[C@@H]1[C@H](O)[C@@H](C)\C=C/C=C\C=C/C=C\C=C/C=C\C=C\[C@H](O[C@H]2O[C@@H](C)[C@H](O)[C@@H](NC[C@]3(O)OC[C@@H](O)[C@@H](O[C@@H]4O[C@H](CO)[C@H](O)[C@H](O)[C@H]4O)[C@@H]3O)[C@H]2O)C[C@@H]2O[C@](O)(C[C@@H](O)[C@H](O)CC[C@@H](O)C[C@@H](O)C[C@@H](O)CC(=O)O[C@H]1C)C[C@H](O)[C@H]2C(=O)O. The molecule has 0 aromatic carbocycles. The second-order valence-corrected chi connectivity index (χ2v) is 23.4. The minimum Gasteiger partial charge on any atom is -0.481 e. The first-order valence-electron chi connectivity index (χ1n) is 29.4. The van der Waals surface area contributed by atoms with Gasteiger partial charge in [0.25, 0.3) is 0 Å². The van der Waals surface area contributed by atoms with Crippen LogP contribution in [-0.4, -0.2) is 276 Å². The van der Waals surface area contributed by atoms with Gasteiger partial charge in [-0.3, -0.25) is 9.59 Å². The fraction of sp³-hybridized carbons (Fsp3) is 0.729. The van der Waals surface area contributed by atoms with Crippen LogP contribution in [0, 0.1) is 17.8 Å². The third-order valence-electron chi connectivity index (χ3n) is 16.4. The molecule has 4 fully saturated rings. The molecule has 4 saturated heterocycles. The van der Waals surface area contributed by atoms with Crippen LogP contribution in [0.3, 0.4) is 0 Å². The summed E-state index contributed by atoms with van der Waals surface area (Å²) in [7, 11) is 0. The molecule has 28 nitrogen and oxygen atoms in total. The Morgan fingerprint density at radius 3 is 1.79 bits per heavy atom. The number of carbonyl (C=O) groups excluding carboxylic acids is 1. The van der Waals surface area contributed by atoms with Crippen molar-refractivity contribution in [3.8, 4) is 0 Å². The average Bonchev–Trinajstić information content (AvgIpc) is 0.907. The van der Waals surface area contributed by atoms with Crippen molar-refractivity contribution in [1.82, 2.24) is 5.32 Å². The van der Waals surface area contributed by atoms with Gasteiger partial charge in [0.05, 0.1) is 99.4 Å². The van der Waals surface area contributed by atoms with Crippen molar-refractivity contribution < 1.29 is 135 Å². The predicted molar refractivity (Wildman–Crippen MR) is 302 cm³/mol. The molecule has 496 valence electrons. The molecule has 0 aliphatic carbocycles. The molecule has 28 heteroatoms. The highest BCUT2D eigenvalue weighted by Crippen LogP contribution is 2.39. The summed E-state index contributed by atoms with van der Waals surface area (Å²) in [6, 6.07) is -1.49. The molecule has 2 bridgehead atoms. The van der Waals surface area contributed by atoms with Crippen molar-refractivity contribution >= 4 is 11.9 Å². The van der Waals surface area contributed by atoms with Crippen LogP contribution in [0.2, 0.25) is 0 Å². The quantitative estimate of drug-likeness (QED) is 0.0978. The van der Waals surface area contributed by atoms with E-state index in [9.17, 15) is 102 Å². The molecule has 0 unspecified atom stereocenters. The lowest BCUT2D eigenvalue weighted by Crippen LogP contribution is -2.70. The van der Waals surface area contributed by atoms with E-state index in [2.05, 4.69) is 5.32 Å². The number of aliphatic hydroxyl groups is 17. The van der Waals surface area contributed by atoms with E-state index in [-0.39, 0.29) is 31.6 Å². The molecule has 5 aliphatic heterocycles. The first kappa shape index (κ1) is 73.9. The van der Waals surface area contributed by atoms with Crippen LogP contribution in [0.15, 0.2) is 85.1 Å². The molecule has 28 atom stereocenters. The third kappa shape index (κ3) is 21.4. The Labute approximate surface area is 504 Å². The minimum absolute atomic E-state index is 0.212. The molecular formula is C59H93NO27. The Morgan fingerprint density at radius 1 is 0.609 bits per heavy atom. The van der Waals surface area contributed by atoms with E-state index in [1.165, 1.54) is 19.1 Å². The molecule has 0 aromatic rings. The minimum atomic E-state index is -2.68. The summed E-state index contributed by atoms with van der Waals surface area (Å²) in [5.74, 6) is -10.1. The summed E-state index contributed by atoms with van der Waals surface area (Å²) in [6.45, 7) is 4.19. The molecule has 0 aromatic heterocycles. The summed E-state index contributed by atoms with van der Waals surface area (Å²) < 4.78 is 40.0. The number of aliphatic hydroxyl groups excluding tert-OH is 15. The molecule has 0 spiro atoms. The number of nitrogens with one attached hydrogen (secondary N) is 1. The number of esters is 1. The third-order valence-corrected chi connectivity index (χ3v) is 16.4. The first-order valence-corrected chi connectivity index (χ1v) is 29.4. The zero-order valence-corrected chi connectivity index (χ0v) is 49.1. The zero-order valence-electron chi connectivity index (χ0n) is 49.1. The second-order valence-electron chi connectivity index (χ2n) is 23.4. The summed E-state index contributed by atoms with van der Waals surface area (Å²) in [5.41, 5.74) is 0. The van der Waals surface area contributed by atoms with Crippen LogP contribution in [0.4, 0.5) is 0 Å². The number of cyclic esters (lactones) is 1. The van der Waals surface area contributed by atoms with Crippen LogP contribution < -0.4 is 5.32 Å². The number of fused-ring (bicyclic) bond motifs is 2. The summed E-state index contributed by atoms with van der Waals surface area (Å²) >= 11 is 0. The van der Waals surface area contributed by atoms with E-state index in [4.69, 9.17) is 33.2 Å². The van der Waals surface area contributed by atoms with Gasteiger partial charge in [0, 0.05) is 31.1 Å². The molecule has 0 saturated carbocycles. The Morgan fingerprint density at radius 2 is 1.18 bits per heavy atom. The number of rotatable bonds is 9. The Hall–Kier alpha value is -3.84. The number of carbonyl (C=O) groups is 2. The highest BCUT2D eigenvalue weighted by Gasteiger charge is 2.55. The second kappa shape index (κ2) is 34.5. The molecule has 5 aliphatic rings. The maximum absolute atomic E-state index is 12.8. The van der Waals surface area contributed by atoms with E-state index < -0.39 is 221 Å². The van der Waals surface area contributed by atoms with Crippen molar-refractivity contribution in [3.05, 3.63) is 85.1 Å². The van der Waals surface area contributed by atoms with Crippen LogP contribution in [0.5, 0.6) is 0 Å². The van der Waals surface area contributed by atoms with Gasteiger partial charge in [-0.2, -0.15) is 0 Å². The van der Waals surface area contributed by atoms with E-state index in [0.717, 1.165) is 0 Å². The van der Waals surface area contributed by atoms with Gasteiger partial charge in [-0.1, -0.05) is 98.9 Å². The van der Waals surface area contributed by atoms with Crippen molar-refractivity contribution in [2.24, 2.45) is 17.8 Å². The van der Waals surface area contributed by atoms with Crippen LogP contribution in [0.1, 0.15) is 79.1 Å². The molecule has 0 radical (unpaired) electrons. The lowest BCUT2D eigenvalue weighted by atomic mass is 9.82. The summed E-state index contributed by atoms with van der Waals surface area (Å²) in [5, 5.41) is 199. The molecule has 87 heavy (non-hydrogen) atoms. The fourth-order valence-corrected chi connectivity index (χ4v) is 11.0. The van der Waals surface area contributed by atoms with Crippen LogP contribution in [0.25, 0.3) is 0 Å². The van der Waals surface area contributed by atoms with Gasteiger partial charge in [-0.15, -0.1) is 0 Å². The van der Waals surface area contributed by atoms with Crippen LogP contribution >= 0.6 is 0 Å². The molecular weight excluding hydrogens is 1150 g/mol. The highest BCUT2D eigenvalue weighted by molar-refractivity contribution is 5.71. The standard InChI is InChI=1S/C59H93NO27/c1-30-17-15-13-11-9-7-5-6-8-10-12-14-16-18-37(84-56-50(73)46(48(71)33(4)83-56)60-29-59(80)54(76)53(41(68)28-81-59)86-57-52(75)51(74)49(72)43(27-61)85-57)24-42-45(55(77)78)40(67)26-58(79,87-42)25-39(66)38(65)20-19-34(62)21-35(63)22-36(64)23-44(69)82-32(3)31(2)47(30)70/h5-18,30-43,45-54,56-57,60-68,70-76,79-80H,19-29H2,1-4H3,(H,77,78)/b6-5-,9-7-,10-8-,13-11-,14-12-,17-15-,18-16+/t30-,31-,32-,33-,34+,35+,36+,37-,38+,39+,40-,41+,42-,43+,45+,46+,47+,48-,49-,50+,51-,52+,53+,54-,56+,57-,58+,59-/m0/s1. The normalized spacial score (nSPS) is 47.7. The van der Waals surface area contributed by atoms with Crippen molar-refractivity contribution in [2.75, 3.05) is 19.8 Å². The predicted octanol–water partition coefficient (Wildman–Crippen LogP) is -4.03. The summed E-state index contributed by atoms with van der Waals surface area (Å²) in [6.07, 6.45) is -15.0. The topological polar surface area (TPSA) is 475 Å². The highest BCUT2D eigenvalue weighted by atomic mass is 16.7. The van der Waals surface area contributed by atoms with Gasteiger partial charge < -0.3 is 130 Å². The Kier molecular flexibility index (Phi) is 29.3. The number of allylic oxidation sites excluding steroid dienone is 12. The van der Waals surface area contributed by atoms with Gasteiger partial charge in [-0.25, -0.2) is 0 Å².